The van der Waals surface area contributed by atoms with E-state index in [4.69, 9.17) is 22.1 Å². The van der Waals surface area contributed by atoms with E-state index in [1.165, 1.54) is 4.68 Å². The van der Waals surface area contributed by atoms with E-state index < -0.39 is 11.7 Å². The van der Waals surface area contributed by atoms with Crippen LogP contribution in [0.3, 0.4) is 0 Å². The molecule has 3 N–H and O–H groups in total. The summed E-state index contributed by atoms with van der Waals surface area (Å²) in [7, 11) is 1.70. The second kappa shape index (κ2) is 7.35. The van der Waals surface area contributed by atoms with Crippen molar-refractivity contribution in [2.75, 3.05) is 17.6 Å². The molecule has 9 heteroatoms. The van der Waals surface area contributed by atoms with Crippen LogP contribution in [-0.4, -0.2) is 38.8 Å². The standard InChI is InChI=1S/C19H24ClN5O3/c1-19(2,3)28-18(27)25-8-7-14-12(10-25)16(24(4)23-14)17(26)22-15-6-5-11(21)9-13(15)20/h5-6,9H,7-8,10,21H2,1-4H3,(H,22,26). The van der Waals surface area contributed by atoms with Gasteiger partial charge in [0, 0.05) is 31.3 Å². The molecule has 2 heterocycles. The number of rotatable bonds is 2. The van der Waals surface area contributed by atoms with E-state index in [0.717, 1.165) is 5.69 Å². The van der Waals surface area contributed by atoms with Crippen LogP contribution >= 0.6 is 11.6 Å². The second-order valence-corrected chi connectivity index (χ2v) is 8.15. The summed E-state index contributed by atoms with van der Waals surface area (Å²) in [6.45, 7) is 6.21. The quantitative estimate of drug-likeness (QED) is 0.747. The number of carbonyl (C=O) groups excluding carboxylic acids is 2. The summed E-state index contributed by atoms with van der Waals surface area (Å²) in [5.74, 6) is -0.353. The van der Waals surface area contributed by atoms with Gasteiger partial charge in [0.15, 0.2) is 0 Å². The van der Waals surface area contributed by atoms with Gasteiger partial charge in [-0.05, 0) is 39.0 Å². The van der Waals surface area contributed by atoms with Gasteiger partial charge < -0.3 is 20.7 Å². The van der Waals surface area contributed by atoms with Crippen LogP contribution in [0.15, 0.2) is 18.2 Å². The molecule has 0 radical (unpaired) electrons. The number of benzene rings is 1. The minimum atomic E-state index is -0.585. The first-order chi connectivity index (χ1) is 13.0. The van der Waals surface area contributed by atoms with Crippen molar-refractivity contribution < 1.29 is 14.3 Å². The zero-order valence-corrected chi connectivity index (χ0v) is 17.1. The number of nitrogens with two attached hydrogens (primary N) is 1. The molecule has 0 saturated carbocycles. The summed E-state index contributed by atoms with van der Waals surface area (Å²) in [5, 5.41) is 7.58. The van der Waals surface area contributed by atoms with Crippen molar-refractivity contribution in [1.29, 1.82) is 0 Å². The minimum absolute atomic E-state index is 0.260. The summed E-state index contributed by atoms with van der Waals surface area (Å²) in [6.07, 6.45) is 0.146. The van der Waals surface area contributed by atoms with Crippen molar-refractivity contribution >= 4 is 35.0 Å². The molecule has 0 fully saturated rings. The van der Waals surface area contributed by atoms with Gasteiger partial charge in [-0.15, -0.1) is 0 Å². The number of hydrogen-bond acceptors (Lipinski definition) is 5. The minimum Gasteiger partial charge on any atom is -0.444 e. The molecule has 2 aromatic rings. The van der Waals surface area contributed by atoms with Gasteiger partial charge in [0.1, 0.15) is 11.3 Å². The van der Waals surface area contributed by atoms with Crippen molar-refractivity contribution in [3.05, 3.63) is 40.2 Å². The molecular weight excluding hydrogens is 382 g/mol. The third-order valence-corrected chi connectivity index (χ3v) is 4.62. The number of nitrogens with zero attached hydrogens (tertiary/aromatic N) is 3. The van der Waals surface area contributed by atoms with E-state index in [1.807, 2.05) is 20.8 Å². The first kappa shape index (κ1) is 20.0. The lowest BCUT2D eigenvalue weighted by atomic mass is 10.1. The first-order valence-corrected chi connectivity index (χ1v) is 9.32. The third-order valence-electron chi connectivity index (χ3n) is 4.30. The zero-order chi connectivity index (χ0) is 20.6. The molecule has 3 rings (SSSR count). The summed E-state index contributed by atoms with van der Waals surface area (Å²) >= 11 is 6.16. The number of hydrogen-bond donors (Lipinski definition) is 2. The number of halogens is 1. The number of aryl methyl sites for hydroxylation is 1. The van der Waals surface area contributed by atoms with Crippen molar-refractivity contribution in [1.82, 2.24) is 14.7 Å². The average Bonchev–Trinajstić information content (AvgIpc) is 2.90. The van der Waals surface area contributed by atoms with Crippen LogP contribution in [-0.2, 0) is 24.8 Å². The highest BCUT2D eigenvalue weighted by Gasteiger charge is 2.31. The van der Waals surface area contributed by atoms with E-state index in [2.05, 4.69) is 10.4 Å². The molecule has 1 aromatic carbocycles. The first-order valence-electron chi connectivity index (χ1n) is 8.94. The summed E-state index contributed by atoms with van der Waals surface area (Å²) < 4.78 is 6.98. The average molecular weight is 406 g/mol. The molecule has 0 unspecified atom stereocenters. The fourth-order valence-corrected chi connectivity index (χ4v) is 3.32. The SMILES string of the molecule is Cn1nc2c(c1C(=O)Nc1ccc(N)cc1Cl)CN(C(=O)OC(C)(C)C)CC2. The van der Waals surface area contributed by atoms with Crippen LogP contribution in [0.4, 0.5) is 16.2 Å². The zero-order valence-electron chi connectivity index (χ0n) is 16.4. The maximum Gasteiger partial charge on any atom is 0.410 e. The molecule has 0 aliphatic carbocycles. The summed E-state index contributed by atoms with van der Waals surface area (Å²) in [5.41, 5.74) is 7.97. The maximum absolute atomic E-state index is 12.9. The highest BCUT2D eigenvalue weighted by molar-refractivity contribution is 6.34. The number of ether oxygens (including phenoxy) is 1. The number of carbonyl (C=O) groups is 2. The lowest BCUT2D eigenvalue weighted by Crippen LogP contribution is -2.40. The van der Waals surface area contributed by atoms with Crippen molar-refractivity contribution in [3.8, 4) is 0 Å². The summed E-state index contributed by atoms with van der Waals surface area (Å²) in [6, 6.07) is 4.87. The van der Waals surface area contributed by atoms with Gasteiger partial charge in [-0.3, -0.25) is 9.48 Å². The Morgan fingerprint density at radius 1 is 1.32 bits per heavy atom. The fourth-order valence-electron chi connectivity index (χ4n) is 3.08. The number of fused-ring (bicyclic) bond motifs is 1. The van der Waals surface area contributed by atoms with Crippen LogP contribution in [0.2, 0.25) is 5.02 Å². The lowest BCUT2D eigenvalue weighted by Gasteiger charge is -2.29. The third kappa shape index (κ3) is 4.22. The smallest absolute Gasteiger partial charge is 0.410 e. The molecule has 0 atom stereocenters. The number of anilines is 2. The molecule has 28 heavy (non-hydrogen) atoms. The molecule has 0 bridgehead atoms. The van der Waals surface area contributed by atoms with Crippen LogP contribution in [0, 0.1) is 0 Å². The molecule has 0 spiro atoms. The van der Waals surface area contributed by atoms with E-state index in [-0.39, 0.29) is 12.5 Å². The molecular formula is C19H24ClN5O3. The normalized spacial score (nSPS) is 13.8. The Bertz CT molecular complexity index is 932. The van der Waals surface area contributed by atoms with Gasteiger partial charge in [0.2, 0.25) is 0 Å². The number of aromatic nitrogens is 2. The van der Waals surface area contributed by atoms with Crippen LogP contribution in [0.5, 0.6) is 0 Å². The molecule has 1 aromatic heterocycles. The van der Waals surface area contributed by atoms with Crippen molar-refractivity contribution in [3.63, 3.8) is 0 Å². The van der Waals surface area contributed by atoms with Crippen molar-refractivity contribution in [2.24, 2.45) is 7.05 Å². The van der Waals surface area contributed by atoms with Gasteiger partial charge >= 0.3 is 6.09 Å². The lowest BCUT2D eigenvalue weighted by molar-refractivity contribution is 0.0222. The van der Waals surface area contributed by atoms with Crippen LogP contribution in [0.25, 0.3) is 0 Å². The Labute approximate surface area is 168 Å². The highest BCUT2D eigenvalue weighted by atomic mass is 35.5. The fraction of sp³-hybridized carbons (Fsp3) is 0.421. The summed E-state index contributed by atoms with van der Waals surface area (Å²) in [4.78, 5) is 26.9. The number of nitrogen functional groups attached to an aromatic ring is 1. The Kier molecular flexibility index (Phi) is 5.25. The van der Waals surface area contributed by atoms with E-state index in [1.54, 1.807) is 30.1 Å². The molecule has 0 saturated heterocycles. The highest BCUT2D eigenvalue weighted by Crippen LogP contribution is 2.27. The largest absolute Gasteiger partial charge is 0.444 e. The van der Waals surface area contributed by atoms with E-state index in [0.29, 0.717) is 40.6 Å². The number of amides is 2. The van der Waals surface area contributed by atoms with Gasteiger partial charge in [0.25, 0.3) is 5.91 Å². The Morgan fingerprint density at radius 2 is 2.04 bits per heavy atom. The molecule has 150 valence electrons. The molecule has 2 amide bonds. The van der Waals surface area contributed by atoms with Gasteiger partial charge in [-0.2, -0.15) is 5.10 Å². The van der Waals surface area contributed by atoms with Gasteiger partial charge in [-0.25, -0.2) is 4.79 Å². The Hall–Kier alpha value is -2.74. The van der Waals surface area contributed by atoms with Crippen LogP contribution in [0.1, 0.15) is 42.5 Å². The molecule has 1 aliphatic heterocycles. The Morgan fingerprint density at radius 3 is 2.68 bits per heavy atom. The topological polar surface area (TPSA) is 102 Å². The van der Waals surface area contributed by atoms with Crippen LogP contribution < -0.4 is 11.1 Å². The predicted octanol–water partition coefficient (Wildman–Crippen LogP) is 3.20. The molecule has 1 aliphatic rings. The predicted molar refractivity (Wildman–Crippen MR) is 107 cm³/mol. The molecule has 8 nitrogen and oxygen atoms in total. The van der Waals surface area contributed by atoms with E-state index in [9.17, 15) is 9.59 Å². The van der Waals surface area contributed by atoms with E-state index >= 15 is 0 Å². The maximum atomic E-state index is 12.9. The monoisotopic (exact) mass is 405 g/mol. The van der Waals surface area contributed by atoms with Gasteiger partial charge in [0.05, 0.1) is 22.9 Å². The number of nitrogens with one attached hydrogen (secondary N) is 1. The van der Waals surface area contributed by atoms with Crippen molar-refractivity contribution in [2.45, 2.75) is 39.3 Å². The second-order valence-electron chi connectivity index (χ2n) is 7.74. The Balaban J connectivity index is 1.83. The van der Waals surface area contributed by atoms with Gasteiger partial charge in [-0.1, -0.05) is 11.6 Å².